The number of hydrogen-bond donors (Lipinski definition) is 0. The Labute approximate surface area is 176 Å². The smallest absolute Gasteiger partial charge is 0.278 e. The molecule has 0 fully saturated rings. The fourth-order valence-corrected chi connectivity index (χ4v) is 4.17. The average Bonchev–Trinajstić information content (AvgIpc) is 3.27. The molecule has 2 aliphatic rings. The highest BCUT2D eigenvalue weighted by Gasteiger charge is 2.43. The lowest BCUT2D eigenvalue weighted by Crippen LogP contribution is -2.37. The minimum absolute atomic E-state index is 0.176. The number of amides is 2. The third kappa shape index (κ3) is 3.22. The van der Waals surface area contributed by atoms with Crippen LogP contribution in [0.5, 0.6) is 11.5 Å². The van der Waals surface area contributed by atoms with Crippen LogP contribution >= 0.6 is 0 Å². The van der Waals surface area contributed by atoms with Gasteiger partial charge in [0.2, 0.25) is 0 Å². The molecule has 2 aromatic carbocycles. The Kier molecular flexibility index (Phi) is 5.24. The molecule has 0 aliphatic carbocycles. The van der Waals surface area contributed by atoms with Crippen LogP contribution in [0.3, 0.4) is 0 Å². The van der Waals surface area contributed by atoms with Crippen LogP contribution in [0.15, 0.2) is 48.2 Å². The molecule has 0 N–H and O–H groups in total. The minimum Gasteiger partial charge on any atom is -0.493 e. The number of carbonyl (C=O) groups is 2. The standard InChI is InChI=1S/C24H26N2O4/c1-15(2)14-26-23(27)21(17-9-10-19(29-3)20(13-17)30-4)22(24(26)28)25-12-11-16-7-5-6-8-18(16)25/h5-10,13,15H,11-12,14H2,1-4H3. The number of carbonyl (C=O) groups excluding carboxylic acids is 2. The van der Waals surface area contributed by atoms with Gasteiger partial charge in [-0.25, -0.2) is 0 Å². The van der Waals surface area contributed by atoms with Gasteiger partial charge in [-0.05, 0) is 41.7 Å². The molecule has 0 bridgehead atoms. The zero-order valence-electron chi connectivity index (χ0n) is 17.8. The molecule has 4 rings (SSSR count). The van der Waals surface area contributed by atoms with Crippen LogP contribution in [0.4, 0.5) is 5.69 Å². The number of benzene rings is 2. The molecule has 2 aromatic rings. The number of imide groups is 1. The van der Waals surface area contributed by atoms with Gasteiger partial charge >= 0.3 is 0 Å². The monoisotopic (exact) mass is 406 g/mol. The normalized spacial score (nSPS) is 16.0. The van der Waals surface area contributed by atoms with Gasteiger partial charge in [-0.15, -0.1) is 0 Å². The molecule has 0 spiro atoms. The largest absolute Gasteiger partial charge is 0.493 e. The predicted molar refractivity (Wildman–Crippen MR) is 116 cm³/mol. The van der Waals surface area contributed by atoms with Crippen LogP contribution in [0.2, 0.25) is 0 Å². The topological polar surface area (TPSA) is 59.1 Å². The average molecular weight is 406 g/mol. The maximum absolute atomic E-state index is 13.5. The Morgan fingerprint density at radius 2 is 1.70 bits per heavy atom. The Bertz CT molecular complexity index is 1040. The fourth-order valence-electron chi connectivity index (χ4n) is 4.17. The lowest BCUT2D eigenvalue weighted by atomic mass is 10.0. The first kappa shape index (κ1) is 20.0. The molecular weight excluding hydrogens is 380 g/mol. The van der Waals surface area contributed by atoms with Crippen LogP contribution < -0.4 is 14.4 Å². The number of ether oxygens (including phenoxy) is 2. The summed E-state index contributed by atoms with van der Waals surface area (Å²) < 4.78 is 10.8. The predicted octanol–water partition coefficient (Wildman–Crippen LogP) is 3.50. The maximum Gasteiger partial charge on any atom is 0.278 e. The number of hydrogen-bond acceptors (Lipinski definition) is 5. The third-order valence-corrected chi connectivity index (χ3v) is 5.52. The van der Waals surface area contributed by atoms with Crippen molar-refractivity contribution >= 4 is 23.1 Å². The summed E-state index contributed by atoms with van der Waals surface area (Å²) in [6, 6.07) is 13.4. The van der Waals surface area contributed by atoms with Crippen molar-refractivity contribution in [3.05, 3.63) is 59.3 Å². The number of nitrogens with zero attached hydrogens (tertiary/aromatic N) is 2. The van der Waals surface area contributed by atoms with Crippen LogP contribution in [0.25, 0.3) is 5.57 Å². The zero-order chi connectivity index (χ0) is 21.4. The van der Waals surface area contributed by atoms with E-state index in [1.165, 1.54) is 10.5 Å². The highest BCUT2D eigenvalue weighted by Crippen LogP contribution is 2.40. The molecule has 0 aromatic heterocycles. The number of anilines is 1. The lowest BCUT2D eigenvalue weighted by Gasteiger charge is -2.22. The van der Waals surface area contributed by atoms with E-state index in [-0.39, 0.29) is 17.7 Å². The van der Waals surface area contributed by atoms with Crippen molar-refractivity contribution in [2.24, 2.45) is 5.92 Å². The molecule has 0 radical (unpaired) electrons. The van der Waals surface area contributed by atoms with Gasteiger partial charge in [0.15, 0.2) is 11.5 Å². The van der Waals surface area contributed by atoms with Crippen molar-refractivity contribution in [2.45, 2.75) is 20.3 Å². The highest BCUT2D eigenvalue weighted by molar-refractivity contribution is 6.36. The summed E-state index contributed by atoms with van der Waals surface area (Å²) in [5.74, 6) is 0.766. The van der Waals surface area contributed by atoms with Crippen LogP contribution in [-0.4, -0.2) is 44.0 Å². The van der Waals surface area contributed by atoms with Gasteiger partial charge in [-0.3, -0.25) is 14.5 Å². The molecule has 2 heterocycles. The van der Waals surface area contributed by atoms with Gasteiger partial charge in [0.1, 0.15) is 5.70 Å². The fraction of sp³-hybridized carbons (Fsp3) is 0.333. The van der Waals surface area contributed by atoms with Crippen molar-refractivity contribution in [1.82, 2.24) is 4.90 Å². The van der Waals surface area contributed by atoms with Crippen molar-refractivity contribution < 1.29 is 19.1 Å². The summed E-state index contributed by atoms with van der Waals surface area (Å²) >= 11 is 0. The molecule has 30 heavy (non-hydrogen) atoms. The van der Waals surface area contributed by atoms with Gasteiger partial charge in [-0.2, -0.15) is 0 Å². The Morgan fingerprint density at radius 3 is 2.40 bits per heavy atom. The molecule has 6 heteroatoms. The summed E-state index contributed by atoms with van der Waals surface area (Å²) in [4.78, 5) is 30.2. The van der Waals surface area contributed by atoms with E-state index >= 15 is 0 Å². The molecule has 0 unspecified atom stereocenters. The second-order valence-electron chi connectivity index (χ2n) is 7.94. The molecular formula is C24H26N2O4. The molecule has 2 aliphatic heterocycles. The Balaban J connectivity index is 1.88. The van der Waals surface area contributed by atoms with Crippen LogP contribution in [0, 0.1) is 5.92 Å². The molecule has 2 amide bonds. The minimum atomic E-state index is -0.264. The van der Waals surface area contributed by atoms with E-state index in [4.69, 9.17) is 9.47 Å². The van der Waals surface area contributed by atoms with E-state index in [0.717, 1.165) is 12.1 Å². The summed E-state index contributed by atoms with van der Waals surface area (Å²) in [6.45, 7) is 5.05. The number of fused-ring (bicyclic) bond motifs is 1. The molecule has 0 atom stereocenters. The SMILES string of the molecule is COc1ccc(C2=C(N3CCc4ccccc43)C(=O)N(CC(C)C)C2=O)cc1OC. The van der Waals surface area contributed by atoms with Gasteiger partial charge in [0.05, 0.1) is 19.8 Å². The van der Waals surface area contributed by atoms with Gasteiger partial charge < -0.3 is 14.4 Å². The van der Waals surface area contributed by atoms with E-state index in [2.05, 4.69) is 6.07 Å². The first-order chi connectivity index (χ1) is 14.5. The summed E-state index contributed by atoms with van der Waals surface area (Å²) in [6.07, 6.45) is 0.838. The second kappa shape index (κ2) is 7.86. The van der Waals surface area contributed by atoms with Gasteiger partial charge in [0.25, 0.3) is 11.8 Å². The lowest BCUT2D eigenvalue weighted by molar-refractivity contribution is -0.137. The highest BCUT2D eigenvalue weighted by atomic mass is 16.5. The quantitative estimate of drug-likeness (QED) is 0.687. The van der Waals surface area contributed by atoms with E-state index in [1.54, 1.807) is 26.4 Å². The van der Waals surface area contributed by atoms with E-state index in [0.29, 0.717) is 41.4 Å². The van der Waals surface area contributed by atoms with Crippen LogP contribution in [0.1, 0.15) is 25.0 Å². The molecule has 156 valence electrons. The zero-order valence-corrected chi connectivity index (χ0v) is 17.8. The maximum atomic E-state index is 13.5. The summed E-state index contributed by atoms with van der Waals surface area (Å²) in [7, 11) is 3.12. The van der Waals surface area contributed by atoms with E-state index < -0.39 is 0 Å². The van der Waals surface area contributed by atoms with Crippen molar-refractivity contribution in [2.75, 3.05) is 32.2 Å². The Hall–Kier alpha value is -3.28. The second-order valence-corrected chi connectivity index (χ2v) is 7.94. The molecule has 0 saturated carbocycles. The molecule has 0 saturated heterocycles. The Morgan fingerprint density at radius 1 is 0.967 bits per heavy atom. The first-order valence-electron chi connectivity index (χ1n) is 10.1. The summed E-state index contributed by atoms with van der Waals surface area (Å²) in [5.41, 5.74) is 3.67. The van der Waals surface area contributed by atoms with Crippen molar-refractivity contribution in [3.63, 3.8) is 0 Å². The third-order valence-electron chi connectivity index (χ3n) is 5.52. The number of methoxy groups -OCH3 is 2. The first-order valence-corrected chi connectivity index (χ1v) is 10.1. The van der Waals surface area contributed by atoms with Gasteiger partial charge in [0, 0.05) is 18.8 Å². The van der Waals surface area contributed by atoms with Crippen molar-refractivity contribution in [3.8, 4) is 11.5 Å². The van der Waals surface area contributed by atoms with E-state index in [1.807, 2.05) is 43.0 Å². The van der Waals surface area contributed by atoms with Gasteiger partial charge in [-0.1, -0.05) is 38.1 Å². The molecule has 6 nitrogen and oxygen atoms in total. The summed E-state index contributed by atoms with van der Waals surface area (Å²) in [5, 5.41) is 0. The van der Waals surface area contributed by atoms with E-state index in [9.17, 15) is 9.59 Å². The van der Waals surface area contributed by atoms with Crippen LogP contribution in [-0.2, 0) is 16.0 Å². The van der Waals surface area contributed by atoms with Crippen molar-refractivity contribution in [1.29, 1.82) is 0 Å². The number of rotatable bonds is 6. The number of para-hydroxylation sites is 1.